The number of phenols is 1. The van der Waals surface area contributed by atoms with Gasteiger partial charge in [-0.1, -0.05) is 28.1 Å². The van der Waals surface area contributed by atoms with E-state index in [1.54, 1.807) is 0 Å². The Morgan fingerprint density at radius 3 is 2.74 bits per heavy atom. The minimum Gasteiger partial charge on any atom is -0.508 e. The fraction of sp³-hybridized carbons (Fsp3) is 0.375. The normalized spacial score (nSPS) is 16.9. The van der Waals surface area contributed by atoms with Crippen LogP contribution in [0, 0.1) is 5.92 Å². The first-order valence-electron chi connectivity index (χ1n) is 6.85. The Morgan fingerprint density at radius 2 is 1.95 bits per heavy atom. The summed E-state index contributed by atoms with van der Waals surface area (Å²) in [5.74, 6) is 1.12. The van der Waals surface area contributed by atoms with Gasteiger partial charge in [-0.15, -0.1) is 0 Å². The quantitative estimate of drug-likeness (QED) is 0.881. The molecule has 0 aromatic heterocycles. The van der Waals surface area contributed by atoms with E-state index in [9.17, 15) is 5.11 Å². The molecule has 2 aromatic rings. The monoisotopic (exact) mass is 319 g/mol. The number of fused-ring (bicyclic) bond motifs is 1. The van der Waals surface area contributed by atoms with Crippen LogP contribution >= 0.6 is 15.9 Å². The smallest absolute Gasteiger partial charge is 0.119 e. The zero-order chi connectivity index (χ0) is 13.2. The molecule has 0 saturated carbocycles. The second kappa shape index (κ2) is 5.51. The van der Waals surface area contributed by atoms with Gasteiger partial charge in [0.15, 0.2) is 0 Å². The Hall–Kier alpha value is -1.06. The maximum Gasteiger partial charge on any atom is 0.119 e. The van der Waals surface area contributed by atoms with Crippen LogP contribution in [0.25, 0.3) is 10.8 Å². The SMILES string of the molecule is Oc1ccc2cc(Br)ccc2c1CC1CCNCC1. The van der Waals surface area contributed by atoms with Crippen molar-refractivity contribution in [3.05, 3.63) is 40.4 Å². The van der Waals surface area contributed by atoms with Gasteiger partial charge in [-0.25, -0.2) is 0 Å². The molecule has 1 heterocycles. The van der Waals surface area contributed by atoms with Crippen LogP contribution in [0.1, 0.15) is 18.4 Å². The van der Waals surface area contributed by atoms with Gasteiger partial charge in [0, 0.05) is 10.0 Å². The van der Waals surface area contributed by atoms with Crippen LogP contribution in [-0.2, 0) is 6.42 Å². The van der Waals surface area contributed by atoms with Gasteiger partial charge in [-0.2, -0.15) is 0 Å². The molecule has 0 radical (unpaired) electrons. The maximum absolute atomic E-state index is 10.2. The highest BCUT2D eigenvalue weighted by Crippen LogP contribution is 2.32. The van der Waals surface area contributed by atoms with E-state index in [1.807, 2.05) is 18.2 Å². The summed E-state index contributed by atoms with van der Waals surface area (Å²) in [4.78, 5) is 0. The standard InChI is InChI=1S/C16H18BrNO/c17-13-2-3-14-12(10-13)1-4-16(19)15(14)9-11-5-7-18-8-6-11/h1-4,10-11,18-19H,5-9H2. The zero-order valence-electron chi connectivity index (χ0n) is 10.8. The van der Waals surface area contributed by atoms with Gasteiger partial charge in [0.1, 0.15) is 5.75 Å². The van der Waals surface area contributed by atoms with E-state index in [0.29, 0.717) is 11.7 Å². The number of benzene rings is 2. The van der Waals surface area contributed by atoms with Gasteiger partial charge >= 0.3 is 0 Å². The summed E-state index contributed by atoms with van der Waals surface area (Å²) in [6.45, 7) is 2.20. The van der Waals surface area contributed by atoms with Crippen molar-refractivity contribution >= 4 is 26.7 Å². The minimum atomic E-state index is 0.438. The van der Waals surface area contributed by atoms with Crippen LogP contribution in [0.15, 0.2) is 34.8 Å². The van der Waals surface area contributed by atoms with E-state index in [4.69, 9.17) is 0 Å². The van der Waals surface area contributed by atoms with Crippen molar-refractivity contribution < 1.29 is 5.11 Å². The third kappa shape index (κ3) is 2.77. The number of rotatable bonds is 2. The molecule has 3 heteroatoms. The Kier molecular flexibility index (Phi) is 3.76. The van der Waals surface area contributed by atoms with E-state index < -0.39 is 0 Å². The van der Waals surface area contributed by atoms with Crippen molar-refractivity contribution in [3.63, 3.8) is 0 Å². The van der Waals surface area contributed by atoms with Gasteiger partial charge in [0.05, 0.1) is 0 Å². The predicted octanol–water partition coefficient (Wildman–Crippen LogP) is 3.85. The van der Waals surface area contributed by atoms with Crippen molar-refractivity contribution in [2.75, 3.05) is 13.1 Å². The van der Waals surface area contributed by atoms with Gasteiger partial charge < -0.3 is 10.4 Å². The van der Waals surface area contributed by atoms with E-state index >= 15 is 0 Å². The second-order valence-electron chi connectivity index (χ2n) is 5.33. The highest BCUT2D eigenvalue weighted by Gasteiger charge is 2.17. The molecule has 0 amide bonds. The van der Waals surface area contributed by atoms with Crippen molar-refractivity contribution in [1.82, 2.24) is 5.32 Å². The lowest BCUT2D eigenvalue weighted by Gasteiger charge is -2.23. The molecule has 19 heavy (non-hydrogen) atoms. The Bertz CT molecular complexity index is 591. The lowest BCUT2D eigenvalue weighted by atomic mass is 9.88. The average Bonchev–Trinajstić information content (AvgIpc) is 2.43. The van der Waals surface area contributed by atoms with Crippen LogP contribution in [0.2, 0.25) is 0 Å². The van der Waals surface area contributed by atoms with Crippen LogP contribution in [0.3, 0.4) is 0 Å². The van der Waals surface area contributed by atoms with Crippen molar-refractivity contribution in [2.45, 2.75) is 19.3 Å². The molecule has 0 bridgehead atoms. The first kappa shape index (κ1) is 12.9. The van der Waals surface area contributed by atoms with Gasteiger partial charge in [-0.3, -0.25) is 0 Å². The first-order chi connectivity index (χ1) is 9.24. The fourth-order valence-corrected chi connectivity index (χ4v) is 3.32. The lowest BCUT2D eigenvalue weighted by molar-refractivity contribution is 0.367. The van der Waals surface area contributed by atoms with E-state index in [1.165, 1.54) is 23.6 Å². The number of hydrogen-bond donors (Lipinski definition) is 2. The molecule has 1 aliphatic heterocycles. The topological polar surface area (TPSA) is 32.3 Å². The highest BCUT2D eigenvalue weighted by molar-refractivity contribution is 9.10. The Labute approximate surface area is 122 Å². The van der Waals surface area contributed by atoms with Crippen LogP contribution in [-0.4, -0.2) is 18.2 Å². The number of hydrogen-bond acceptors (Lipinski definition) is 2. The van der Waals surface area contributed by atoms with Crippen molar-refractivity contribution in [3.8, 4) is 5.75 Å². The molecule has 2 nitrogen and oxygen atoms in total. The summed E-state index contributed by atoms with van der Waals surface area (Å²) in [7, 11) is 0. The summed E-state index contributed by atoms with van der Waals surface area (Å²) >= 11 is 3.50. The molecule has 0 atom stereocenters. The maximum atomic E-state index is 10.2. The Balaban J connectivity index is 1.98. The summed E-state index contributed by atoms with van der Waals surface area (Å²) in [6, 6.07) is 10.1. The summed E-state index contributed by atoms with van der Waals surface area (Å²) in [5.41, 5.74) is 1.11. The van der Waals surface area contributed by atoms with Crippen molar-refractivity contribution in [1.29, 1.82) is 0 Å². The highest BCUT2D eigenvalue weighted by atomic mass is 79.9. The molecular weight excluding hydrogens is 302 g/mol. The molecule has 1 saturated heterocycles. The van der Waals surface area contributed by atoms with Crippen LogP contribution in [0.4, 0.5) is 0 Å². The molecule has 100 valence electrons. The minimum absolute atomic E-state index is 0.438. The zero-order valence-corrected chi connectivity index (χ0v) is 12.4. The largest absolute Gasteiger partial charge is 0.508 e. The van der Waals surface area contributed by atoms with E-state index in [-0.39, 0.29) is 0 Å². The number of piperidine rings is 1. The van der Waals surface area contributed by atoms with E-state index in [2.05, 4.69) is 33.4 Å². The molecule has 2 aromatic carbocycles. The number of nitrogens with one attached hydrogen (secondary N) is 1. The van der Waals surface area contributed by atoms with Crippen molar-refractivity contribution in [2.24, 2.45) is 5.92 Å². The predicted molar refractivity (Wildman–Crippen MR) is 82.6 cm³/mol. The summed E-state index contributed by atoms with van der Waals surface area (Å²) in [6.07, 6.45) is 3.38. The van der Waals surface area contributed by atoms with Crippen LogP contribution < -0.4 is 5.32 Å². The molecule has 3 rings (SSSR count). The first-order valence-corrected chi connectivity index (χ1v) is 7.64. The molecule has 0 aliphatic carbocycles. The third-order valence-electron chi connectivity index (χ3n) is 4.02. The summed E-state index contributed by atoms with van der Waals surface area (Å²) < 4.78 is 1.08. The molecular formula is C16H18BrNO. The molecule has 1 aliphatic rings. The second-order valence-corrected chi connectivity index (χ2v) is 6.24. The third-order valence-corrected chi connectivity index (χ3v) is 4.51. The lowest BCUT2D eigenvalue weighted by Crippen LogP contribution is -2.28. The van der Waals surface area contributed by atoms with Crippen LogP contribution in [0.5, 0.6) is 5.75 Å². The number of halogens is 1. The van der Waals surface area contributed by atoms with Gasteiger partial charge in [-0.05, 0) is 67.2 Å². The molecule has 0 spiro atoms. The van der Waals surface area contributed by atoms with E-state index in [0.717, 1.165) is 29.5 Å². The number of aromatic hydroxyl groups is 1. The number of phenolic OH excluding ortho intramolecular Hbond substituents is 1. The molecule has 0 unspecified atom stereocenters. The summed E-state index contributed by atoms with van der Waals surface area (Å²) in [5, 5.41) is 15.9. The fourth-order valence-electron chi connectivity index (χ4n) is 2.94. The Morgan fingerprint density at radius 1 is 1.16 bits per heavy atom. The van der Waals surface area contributed by atoms with Gasteiger partial charge in [0.25, 0.3) is 0 Å². The van der Waals surface area contributed by atoms with Gasteiger partial charge in [0.2, 0.25) is 0 Å². The molecule has 1 fully saturated rings. The average molecular weight is 320 g/mol. The molecule has 2 N–H and O–H groups in total.